The molecule has 0 spiro atoms. The number of carbonyl (C=O) groups is 1. The van der Waals surface area contributed by atoms with Crippen LogP contribution in [0.15, 0.2) is 18.2 Å². The van der Waals surface area contributed by atoms with Crippen molar-refractivity contribution < 1.29 is 14.3 Å². The van der Waals surface area contributed by atoms with Crippen molar-refractivity contribution in [2.45, 2.75) is 44.4 Å². The molecule has 0 amide bonds. The summed E-state index contributed by atoms with van der Waals surface area (Å²) in [7, 11) is 0. The first-order chi connectivity index (χ1) is 10.3. The quantitative estimate of drug-likeness (QED) is 0.797. The third kappa shape index (κ3) is 2.87. The smallest absolute Gasteiger partial charge is 0.231 e. The van der Waals surface area contributed by atoms with Crippen molar-refractivity contribution in [1.82, 2.24) is 0 Å². The van der Waals surface area contributed by atoms with Crippen LogP contribution in [0.1, 0.15) is 50.0 Å². The van der Waals surface area contributed by atoms with Crippen LogP contribution >= 0.6 is 0 Å². The number of nitrogens with zero attached hydrogens (tertiary/aromatic N) is 1. The maximum atomic E-state index is 12.7. The van der Waals surface area contributed by atoms with Crippen molar-refractivity contribution in [2.75, 3.05) is 6.79 Å². The van der Waals surface area contributed by atoms with Crippen LogP contribution in [0.5, 0.6) is 11.5 Å². The van der Waals surface area contributed by atoms with Gasteiger partial charge in [-0.1, -0.05) is 31.7 Å². The molecule has 2 aliphatic rings. The van der Waals surface area contributed by atoms with Crippen molar-refractivity contribution in [3.05, 3.63) is 23.8 Å². The van der Waals surface area contributed by atoms with Crippen molar-refractivity contribution >= 4 is 5.78 Å². The zero-order valence-electron chi connectivity index (χ0n) is 12.0. The Morgan fingerprint density at radius 1 is 1.14 bits per heavy atom. The van der Waals surface area contributed by atoms with E-state index in [4.69, 9.17) is 9.47 Å². The highest BCUT2D eigenvalue weighted by atomic mass is 16.7. The average Bonchev–Trinajstić information content (AvgIpc) is 2.80. The number of ether oxygens (including phenoxy) is 2. The molecule has 1 aromatic carbocycles. The lowest BCUT2D eigenvalue weighted by Crippen LogP contribution is -2.21. The second-order valence-electron chi connectivity index (χ2n) is 5.77. The third-order valence-corrected chi connectivity index (χ3v) is 4.40. The van der Waals surface area contributed by atoms with Gasteiger partial charge in [0.15, 0.2) is 17.3 Å². The van der Waals surface area contributed by atoms with Gasteiger partial charge in [0.25, 0.3) is 0 Å². The molecule has 4 nitrogen and oxygen atoms in total. The standard InChI is InChI=1S/C17H19NO3/c18-10-14(17(19)12-5-3-1-2-4-6-12)13-7-8-15-16(9-13)21-11-20-15/h7-9,12,14H,1-6,11H2. The molecule has 21 heavy (non-hydrogen) atoms. The Morgan fingerprint density at radius 3 is 2.57 bits per heavy atom. The molecule has 1 atom stereocenters. The predicted octanol–water partition coefficient (Wildman–Crippen LogP) is 3.56. The van der Waals surface area contributed by atoms with Crippen molar-refractivity contribution in [3.8, 4) is 17.6 Å². The summed E-state index contributed by atoms with van der Waals surface area (Å²) in [5.74, 6) is 0.710. The molecule has 0 saturated heterocycles. The molecule has 1 saturated carbocycles. The lowest BCUT2D eigenvalue weighted by molar-refractivity contribution is -0.123. The normalized spacial score (nSPS) is 19.6. The van der Waals surface area contributed by atoms with Gasteiger partial charge in [-0.05, 0) is 30.5 Å². The van der Waals surface area contributed by atoms with E-state index in [1.165, 1.54) is 12.8 Å². The highest BCUT2D eigenvalue weighted by molar-refractivity contribution is 5.90. The summed E-state index contributed by atoms with van der Waals surface area (Å²) in [5, 5.41) is 9.46. The van der Waals surface area contributed by atoms with Gasteiger partial charge in [-0.2, -0.15) is 5.26 Å². The van der Waals surface area contributed by atoms with E-state index < -0.39 is 5.92 Å². The van der Waals surface area contributed by atoms with Crippen LogP contribution in [0, 0.1) is 17.2 Å². The van der Waals surface area contributed by atoms with E-state index in [1.807, 2.05) is 0 Å². The molecule has 0 radical (unpaired) electrons. The molecule has 0 bridgehead atoms. The Morgan fingerprint density at radius 2 is 1.86 bits per heavy atom. The lowest BCUT2D eigenvalue weighted by Gasteiger charge is -2.17. The highest BCUT2D eigenvalue weighted by Crippen LogP contribution is 2.36. The van der Waals surface area contributed by atoms with Crippen molar-refractivity contribution in [3.63, 3.8) is 0 Å². The predicted molar refractivity (Wildman–Crippen MR) is 77.1 cm³/mol. The first kappa shape index (κ1) is 13.9. The molecule has 3 rings (SSSR count). The fourth-order valence-corrected chi connectivity index (χ4v) is 3.19. The molecule has 4 heteroatoms. The van der Waals surface area contributed by atoms with Gasteiger partial charge in [-0.3, -0.25) is 4.79 Å². The lowest BCUT2D eigenvalue weighted by atomic mass is 9.84. The van der Waals surface area contributed by atoms with Crippen LogP contribution in [0.25, 0.3) is 0 Å². The molecule has 1 unspecified atom stereocenters. The van der Waals surface area contributed by atoms with E-state index in [0.29, 0.717) is 11.5 Å². The van der Waals surface area contributed by atoms with Gasteiger partial charge in [0.2, 0.25) is 6.79 Å². The number of hydrogen-bond acceptors (Lipinski definition) is 4. The Bertz CT molecular complexity index is 568. The number of fused-ring (bicyclic) bond motifs is 1. The van der Waals surface area contributed by atoms with E-state index >= 15 is 0 Å². The van der Waals surface area contributed by atoms with E-state index in [0.717, 1.165) is 31.2 Å². The zero-order valence-corrected chi connectivity index (χ0v) is 12.0. The number of rotatable bonds is 3. The van der Waals surface area contributed by atoms with E-state index in [2.05, 4.69) is 6.07 Å². The van der Waals surface area contributed by atoms with Crippen LogP contribution in [-0.2, 0) is 4.79 Å². The summed E-state index contributed by atoms with van der Waals surface area (Å²) in [5.41, 5.74) is 0.719. The van der Waals surface area contributed by atoms with Crippen LogP contribution in [0.3, 0.4) is 0 Å². The van der Waals surface area contributed by atoms with Crippen LogP contribution in [0.2, 0.25) is 0 Å². The fraction of sp³-hybridized carbons (Fsp3) is 0.529. The van der Waals surface area contributed by atoms with E-state index in [-0.39, 0.29) is 18.5 Å². The summed E-state index contributed by atoms with van der Waals surface area (Å²) < 4.78 is 10.6. The largest absolute Gasteiger partial charge is 0.454 e. The van der Waals surface area contributed by atoms with E-state index in [1.54, 1.807) is 18.2 Å². The topological polar surface area (TPSA) is 59.3 Å². The monoisotopic (exact) mass is 285 g/mol. The summed E-state index contributed by atoms with van der Waals surface area (Å²) in [6.45, 7) is 0.201. The minimum Gasteiger partial charge on any atom is -0.454 e. The molecule has 1 aliphatic heterocycles. The van der Waals surface area contributed by atoms with Gasteiger partial charge < -0.3 is 9.47 Å². The summed E-state index contributed by atoms with van der Waals surface area (Å²) >= 11 is 0. The van der Waals surface area contributed by atoms with Crippen molar-refractivity contribution in [1.29, 1.82) is 5.26 Å². The number of carbonyl (C=O) groups excluding carboxylic acids is 1. The maximum absolute atomic E-state index is 12.7. The highest BCUT2D eigenvalue weighted by Gasteiger charge is 2.29. The van der Waals surface area contributed by atoms with Gasteiger partial charge in [-0.25, -0.2) is 0 Å². The van der Waals surface area contributed by atoms with Crippen molar-refractivity contribution in [2.24, 2.45) is 5.92 Å². The second-order valence-corrected chi connectivity index (χ2v) is 5.77. The number of ketones is 1. The number of hydrogen-bond donors (Lipinski definition) is 0. The third-order valence-electron chi connectivity index (χ3n) is 4.40. The second kappa shape index (κ2) is 6.17. The molecule has 1 heterocycles. The molecule has 110 valence electrons. The number of nitriles is 1. The Labute approximate surface area is 124 Å². The molecule has 1 aromatic rings. The minimum atomic E-state index is -0.692. The minimum absolute atomic E-state index is 0.0302. The SMILES string of the molecule is N#CC(C(=O)C1CCCCCC1)c1ccc2c(c1)OCO2. The summed E-state index contributed by atoms with van der Waals surface area (Å²) in [6, 6.07) is 7.53. The first-order valence-electron chi connectivity index (χ1n) is 7.62. The van der Waals surface area contributed by atoms with Crippen LogP contribution in [-0.4, -0.2) is 12.6 Å². The summed E-state index contributed by atoms with van der Waals surface area (Å²) in [6.07, 6.45) is 6.42. The van der Waals surface area contributed by atoms with Crippen LogP contribution < -0.4 is 9.47 Å². The Balaban J connectivity index is 1.81. The van der Waals surface area contributed by atoms with Gasteiger partial charge in [0.1, 0.15) is 5.92 Å². The van der Waals surface area contributed by atoms with E-state index in [9.17, 15) is 10.1 Å². The number of benzene rings is 1. The van der Waals surface area contributed by atoms with Crippen LogP contribution in [0.4, 0.5) is 0 Å². The average molecular weight is 285 g/mol. The molecule has 1 fully saturated rings. The van der Waals surface area contributed by atoms with Gasteiger partial charge in [0.05, 0.1) is 6.07 Å². The van der Waals surface area contributed by atoms with Gasteiger partial charge >= 0.3 is 0 Å². The summed E-state index contributed by atoms with van der Waals surface area (Å²) in [4.78, 5) is 12.7. The molecule has 1 aliphatic carbocycles. The van der Waals surface area contributed by atoms with Gasteiger partial charge in [0, 0.05) is 5.92 Å². The Kier molecular flexibility index (Phi) is 4.10. The Hall–Kier alpha value is -2.02. The molecule has 0 N–H and O–H groups in total. The molecule has 0 aromatic heterocycles. The first-order valence-corrected chi connectivity index (χ1v) is 7.62. The zero-order chi connectivity index (χ0) is 14.7. The number of Topliss-reactive ketones (excluding diaryl/α,β-unsaturated/α-hetero) is 1. The molecular weight excluding hydrogens is 266 g/mol. The van der Waals surface area contributed by atoms with Gasteiger partial charge in [-0.15, -0.1) is 0 Å². The molecular formula is C17H19NO3. The fourth-order valence-electron chi connectivity index (χ4n) is 3.19. The maximum Gasteiger partial charge on any atom is 0.231 e.